The third-order valence-electron chi connectivity index (χ3n) is 4.42. The van der Waals surface area contributed by atoms with Crippen molar-refractivity contribution in [2.75, 3.05) is 0 Å². The van der Waals surface area contributed by atoms with Crippen molar-refractivity contribution in [3.63, 3.8) is 0 Å². The van der Waals surface area contributed by atoms with Crippen molar-refractivity contribution in [2.45, 2.75) is 91.0 Å². The summed E-state index contributed by atoms with van der Waals surface area (Å²) in [6, 6.07) is 0. The molecule has 114 valence electrons. The molecule has 0 spiro atoms. The highest BCUT2D eigenvalue weighted by molar-refractivity contribution is 6.48. The van der Waals surface area contributed by atoms with Crippen molar-refractivity contribution in [2.24, 2.45) is 11.3 Å². The maximum atomic E-state index is 10.6. The Hall–Kier alpha value is 0.137. The van der Waals surface area contributed by atoms with E-state index in [2.05, 4.69) is 33.9 Å². The van der Waals surface area contributed by atoms with Gasteiger partial charge in [0.1, 0.15) is 0 Å². The van der Waals surface area contributed by atoms with E-state index in [4.69, 9.17) is 4.43 Å². The van der Waals surface area contributed by atoms with Gasteiger partial charge in [-0.1, -0.05) is 33.6 Å². The molecule has 0 heterocycles. The molecular weight excluding hydrogens is 252 g/mol. The molecule has 0 radical (unpaired) electrons. The molecule has 1 fully saturated rings. The molecule has 0 bridgehead atoms. The molecule has 2 nitrogen and oxygen atoms in total. The highest BCUT2D eigenvalue weighted by Crippen LogP contribution is 2.36. The molecule has 0 atom stereocenters. The molecule has 0 aliphatic heterocycles. The quantitative estimate of drug-likeness (QED) is 0.599. The minimum absolute atomic E-state index is 0.427. The van der Waals surface area contributed by atoms with E-state index in [0.29, 0.717) is 5.41 Å². The van der Waals surface area contributed by atoms with Gasteiger partial charge >= 0.3 is 0 Å². The fourth-order valence-corrected chi connectivity index (χ4v) is 4.39. The smallest absolute Gasteiger partial charge is 0.174 e. The molecule has 0 aromatic carbocycles. The Morgan fingerprint density at radius 3 is 1.84 bits per heavy atom. The topological polar surface area (TPSA) is 29.5 Å². The first-order chi connectivity index (χ1) is 8.73. The van der Waals surface area contributed by atoms with Crippen molar-refractivity contribution in [3.8, 4) is 0 Å². The van der Waals surface area contributed by atoms with Gasteiger partial charge in [0, 0.05) is 12.8 Å². The number of hydrogen-bond acceptors (Lipinski definition) is 2. The predicted octanol–water partition coefficient (Wildman–Crippen LogP) is 4.47. The first-order valence-corrected chi connectivity index (χ1v) is 10.9. The molecule has 1 N–H and O–H groups in total. The van der Waals surface area contributed by atoms with Crippen molar-refractivity contribution < 1.29 is 9.53 Å². The molecule has 3 heteroatoms. The summed E-state index contributed by atoms with van der Waals surface area (Å²) in [6.07, 6.45) is 8.93. The second kappa shape index (κ2) is 7.23. The van der Waals surface area contributed by atoms with Crippen LogP contribution in [0.3, 0.4) is 0 Å². The first kappa shape index (κ1) is 17.2. The Balaban J connectivity index is 2.53. The summed E-state index contributed by atoms with van der Waals surface area (Å²) < 4.78 is 5.90. The summed E-state index contributed by atoms with van der Waals surface area (Å²) in [5.74, 6) is 0.0219. The van der Waals surface area contributed by atoms with E-state index in [1.807, 2.05) is 0 Å². The molecule has 0 saturated heterocycles. The Kier molecular flexibility index (Phi) is 6.54. The lowest BCUT2D eigenvalue weighted by molar-refractivity contribution is -0.154. The maximum absolute atomic E-state index is 10.6. The van der Waals surface area contributed by atoms with Crippen LogP contribution in [0.2, 0.25) is 13.1 Å². The van der Waals surface area contributed by atoms with Gasteiger partial charge in [0.15, 0.2) is 14.8 Å². The minimum Gasteiger partial charge on any atom is -0.394 e. The van der Waals surface area contributed by atoms with Crippen molar-refractivity contribution in [3.05, 3.63) is 0 Å². The van der Waals surface area contributed by atoms with Crippen LogP contribution in [-0.4, -0.2) is 19.9 Å². The molecule has 1 saturated carbocycles. The van der Waals surface area contributed by atoms with Crippen molar-refractivity contribution in [1.29, 1.82) is 0 Å². The molecule has 1 rings (SSSR count). The van der Waals surface area contributed by atoms with Crippen LogP contribution in [0.4, 0.5) is 0 Å². The average Bonchev–Trinajstić information content (AvgIpc) is 2.24. The molecule has 0 aromatic heterocycles. The van der Waals surface area contributed by atoms with E-state index in [1.165, 1.54) is 25.7 Å². The lowest BCUT2D eigenvalue weighted by Crippen LogP contribution is -2.37. The van der Waals surface area contributed by atoms with Gasteiger partial charge in [-0.3, -0.25) is 0 Å². The summed E-state index contributed by atoms with van der Waals surface area (Å²) in [5.41, 5.74) is 0.427. The molecule has 0 amide bonds. The highest BCUT2D eigenvalue weighted by atomic mass is 28.3. The zero-order chi connectivity index (χ0) is 14.5. The van der Waals surface area contributed by atoms with Gasteiger partial charge in [-0.2, -0.15) is 0 Å². The molecule has 0 unspecified atom stereocenters. The summed E-state index contributed by atoms with van der Waals surface area (Å²) in [4.78, 5) is 0. The molecule has 1 aliphatic rings. The van der Waals surface area contributed by atoms with Crippen molar-refractivity contribution in [1.82, 2.24) is 0 Å². The fraction of sp³-hybridized carbons (Fsp3) is 1.00. The zero-order valence-corrected chi connectivity index (χ0v) is 14.8. The Morgan fingerprint density at radius 1 is 1.00 bits per heavy atom. The van der Waals surface area contributed by atoms with E-state index in [0.717, 1.165) is 31.6 Å². The third kappa shape index (κ3) is 6.41. The fourth-order valence-electron chi connectivity index (χ4n) is 3.28. The zero-order valence-electron chi connectivity index (χ0n) is 13.7. The van der Waals surface area contributed by atoms with Crippen LogP contribution in [0.15, 0.2) is 0 Å². The Labute approximate surface area is 121 Å². The SMILES string of the molecule is C[SiH](C)OC1(O)CCCCC(C(C)(C)C)CCCC1. The largest absolute Gasteiger partial charge is 0.394 e. The van der Waals surface area contributed by atoms with Crippen LogP contribution in [0.1, 0.15) is 72.1 Å². The van der Waals surface area contributed by atoms with E-state index < -0.39 is 14.8 Å². The van der Waals surface area contributed by atoms with Gasteiger partial charge in [0.25, 0.3) is 0 Å². The van der Waals surface area contributed by atoms with Crippen LogP contribution < -0.4 is 0 Å². The van der Waals surface area contributed by atoms with E-state index >= 15 is 0 Å². The van der Waals surface area contributed by atoms with Gasteiger partial charge in [0.2, 0.25) is 0 Å². The monoisotopic (exact) mass is 286 g/mol. The van der Waals surface area contributed by atoms with Crippen LogP contribution in [0.5, 0.6) is 0 Å². The second-order valence-electron chi connectivity index (χ2n) is 7.67. The standard InChI is InChI=1S/C16H34O2Si/c1-15(2,3)14-10-6-8-12-16(17,18-19(4)5)13-9-7-11-14/h14,17,19H,6-13H2,1-5H3. The van der Waals surface area contributed by atoms with Gasteiger partial charge in [-0.05, 0) is 50.1 Å². The van der Waals surface area contributed by atoms with Gasteiger partial charge in [0.05, 0.1) is 0 Å². The number of hydrogen-bond donors (Lipinski definition) is 1. The van der Waals surface area contributed by atoms with E-state index in [9.17, 15) is 5.11 Å². The summed E-state index contributed by atoms with van der Waals surface area (Å²) in [7, 11) is -1.16. The first-order valence-electron chi connectivity index (χ1n) is 8.13. The van der Waals surface area contributed by atoms with Gasteiger partial charge in [-0.15, -0.1) is 0 Å². The summed E-state index contributed by atoms with van der Waals surface area (Å²) in [6.45, 7) is 11.4. The third-order valence-corrected chi connectivity index (χ3v) is 5.33. The normalized spacial score (nSPS) is 31.4. The summed E-state index contributed by atoms with van der Waals surface area (Å²) in [5, 5.41) is 10.6. The lowest BCUT2D eigenvalue weighted by atomic mass is 9.74. The van der Waals surface area contributed by atoms with E-state index in [-0.39, 0.29) is 0 Å². The second-order valence-corrected chi connectivity index (χ2v) is 10.0. The average molecular weight is 287 g/mol. The molecule has 1 aliphatic carbocycles. The number of rotatable bonds is 2. The van der Waals surface area contributed by atoms with Gasteiger partial charge < -0.3 is 9.53 Å². The predicted molar refractivity (Wildman–Crippen MR) is 84.8 cm³/mol. The Bertz CT molecular complexity index is 246. The molecular formula is C16H34O2Si. The Morgan fingerprint density at radius 2 is 1.47 bits per heavy atom. The van der Waals surface area contributed by atoms with Gasteiger partial charge in [-0.25, -0.2) is 0 Å². The van der Waals surface area contributed by atoms with Crippen molar-refractivity contribution >= 4 is 9.04 Å². The van der Waals surface area contributed by atoms with Crippen LogP contribution in [0.25, 0.3) is 0 Å². The minimum atomic E-state index is -1.16. The summed E-state index contributed by atoms with van der Waals surface area (Å²) >= 11 is 0. The van der Waals surface area contributed by atoms with E-state index in [1.54, 1.807) is 0 Å². The number of aliphatic hydroxyl groups is 1. The van der Waals surface area contributed by atoms with Crippen LogP contribution in [-0.2, 0) is 4.43 Å². The van der Waals surface area contributed by atoms with Crippen LogP contribution >= 0.6 is 0 Å². The van der Waals surface area contributed by atoms with Crippen LogP contribution in [0, 0.1) is 11.3 Å². The molecule has 0 aromatic rings. The molecule has 19 heavy (non-hydrogen) atoms. The highest BCUT2D eigenvalue weighted by Gasteiger charge is 2.30. The maximum Gasteiger partial charge on any atom is 0.174 e. The lowest BCUT2D eigenvalue weighted by Gasteiger charge is -2.35.